The predicted molar refractivity (Wildman–Crippen MR) is 137 cm³/mol. The van der Waals surface area contributed by atoms with Gasteiger partial charge < -0.3 is 14.6 Å². The molecule has 0 aliphatic heterocycles. The zero-order chi connectivity index (χ0) is 23.8. The number of aryl methyl sites for hydroxylation is 3. The first-order chi connectivity index (χ1) is 16.6. The highest BCUT2D eigenvalue weighted by Gasteiger charge is 2.11. The first-order valence-electron chi connectivity index (χ1n) is 12.1. The Hall–Kier alpha value is -3.60. The lowest BCUT2D eigenvalue weighted by molar-refractivity contribution is 0.0953. The average Bonchev–Trinajstić information content (AvgIpc) is 3.20. The van der Waals surface area contributed by atoms with Crippen molar-refractivity contribution in [2.45, 2.75) is 46.1 Å². The van der Waals surface area contributed by atoms with Gasteiger partial charge in [0.25, 0.3) is 5.91 Å². The molecule has 1 N–H and O–H groups in total. The molecule has 0 radical (unpaired) electrons. The molecule has 0 atom stereocenters. The van der Waals surface area contributed by atoms with Crippen LogP contribution in [0, 0.1) is 13.8 Å². The molecular weight excluding hydrogens is 422 g/mol. The fourth-order valence-electron chi connectivity index (χ4n) is 4.13. The van der Waals surface area contributed by atoms with Crippen LogP contribution in [0.4, 0.5) is 0 Å². The Labute approximate surface area is 201 Å². The molecule has 0 aliphatic carbocycles. The van der Waals surface area contributed by atoms with E-state index in [1.54, 1.807) is 0 Å². The second-order valence-electron chi connectivity index (χ2n) is 8.77. The minimum absolute atomic E-state index is 0.000862. The maximum atomic E-state index is 12.3. The van der Waals surface area contributed by atoms with Crippen molar-refractivity contribution in [3.8, 4) is 5.75 Å². The lowest BCUT2D eigenvalue weighted by Gasteiger charge is -2.11. The number of rotatable bonds is 11. The van der Waals surface area contributed by atoms with Crippen LogP contribution >= 0.6 is 0 Å². The van der Waals surface area contributed by atoms with Crippen LogP contribution in [0.3, 0.4) is 0 Å². The smallest absolute Gasteiger partial charge is 0.251 e. The summed E-state index contributed by atoms with van der Waals surface area (Å²) in [6.45, 7) is 6.12. The molecule has 4 aromatic rings. The Morgan fingerprint density at radius 2 is 1.74 bits per heavy atom. The lowest BCUT2D eigenvalue weighted by Crippen LogP contribution is -2.24. The summed E-state index contributed by atoms with van der Waals surface area (Å²) in [5.74, 6) is 1.99. The van der Waals surface area contributed by atoms with Gasteiger partial charge in [-0.3, -0.25) is 4.79 Å². The molecule has 5 nitrogen and oxygen atoms in total. The summed E-state index contributed by atoms with van der Waals surface area (Å²) < 4.78 is 8.25. The number of para-hydroxylation sites is 2. The molecule has 1 aromatic heterocycles. The number of nitrogens with one attached hydrogen (secondary N) is 1. The minimum Gasteiger partial charge on any atom is -0.492 e. The molecule has 0 fully saturated rings. The van der Waals surface area contributed by atoms with E-state index in [0.29, 0.717) is 13.2 Å². The van der Waals surface area contributed by atoms with Crippen LogP contribution in [0.2, 0.25) is 0 Å². The van der Waals surface area contributed by atoms with Crippen LogP contribution < -0.4 is 10.1 Å². The maximum absolute atomic E-state index is 12.3. The highest BCUT2D eigenvalue weighted by molar-refractivity contribution is 5.94. The SMILES string of the molecule is Cc1ccc(OCCn2c(CCCCCNC(=O)c3cccc(C)c3)nc3ccccc32)cc1. The zero-order valence-electron chi connectivity index (χ0n) is 20.1. The fourth-order valence-corrected chi connectivity index (χ4v) is 4.13. The molecule has 0 unspecified atom stereocenters. The normalized spacial score (nSPS) is 11.0. The van der Waals surface area contributed by atoms with Crippen molar-refractivity contribution in [2.75, 3.05) is 13.2 Å². The molecular formula is C29H33N3O2. The molecule has 0 bridgehead atoms. The van der Waals surface area contributed by atoms with Gasteiger partial charge in [0.1, 0.15) is 18.2 Å². The lowest BCUT2D eigenvalue weighted by atomic mass is 10.1. The number of benzene rings is 3. The number of amides is 1. The second kappa shape index (κ2) is 11.5. The third-order valence-corrected chi connectivity index (χ3v) is 5.98. The zero-order valence-corrected chi connectivity index (χ0v) is 20.1. The van der Waals surface area contributed by atoms with E-state index in [1.807, 2.05) is 49.4 Å². The number of nitrogens with zero attached hydrogens (tertiary/aromatic N) is 2. The van der Waals surface area contributed by atoms with Gasteiger partial charge in [0.05, 0.1) is 17.6 Å². The van der Waals surface area contributed by atoms with Crippen molar-refractivity contribution in [2.24, 2.45) is 0 Å². The molecule has 176 valence electrons. The molecule has 1 heterocycles. The van der Waals surface area contributed by atoms with E-state index in [1.165, 1.54) is 5.56 Å². The molecule has 0 saturated carbocycles. The number of carbonyl (C=O) groups excluding carboxylic acids is 1. The molecule has 1 amide bonds. The van der Waals surface area contributed by atoms with Gasteiger partial charge in [-0.2, -0.15) is 0 Å². The van der Waals surface area contributed by atoms with Crippen LogP contribution in [-0.2, 0) is 13.0 Å². The van der Waals surface area contributed by atoms with Crippen LogP contribution in [0.15, 0.2) is 72.8 Å². The Balaban J connectivity index is 1.26. The summed E-state index contributed by atoms with van der Waals surface area (Å²) in [5, 5.41) is 3.03. The largest absolute Gasteiger partial charge is 0.492 e. The Kier molecular flexibility index (Phi) is 7.97. The van der Waals surface area contributed by atoms with Gasteiger partial charge in [0, 0.05) is 18.5 Å². The maximum Gasteiger partial charge on any atom is 0.251 e. The molecule has 0 spiro atoms. The monoisotopic (exact) mass is 455 g/mol. The van der Waals surface area contributed by atoms with Crippen LogP contribution in [0.1, 0.15) is 46.6 Å². The number of hydrogen-bond acceptors (Lipinski definition) is 3. The number of ether oxygens (including phenoxy) is 1. The van der Waals surface area contributed by atoms with Gasteiger partial charge in [-0.1, -0.05) is 53.9 Å². The minimum atomic E-state index is -0.000862. The standard InChI is InChI=1S/C29H33N3O2/c1-22-14-16-25(17-15-22)34-20-19-32-27-12-6-5-11-26(27)31-28(32)13-4-3-7-18-30-29(33)24-10-8-9-23(2)21-24/h5-6,8-12,14-17,21H,3-4,7,13,18-20H2,1-2H3,(H,30,33). The van der Waals surface area contributed by atoms with Gasteiger partial charge >= 0.3 is 0 Å². The van der Waals surface area contributed by atoms with Crippen molar-refractivity contribution in [1.29, 1.82) is 0 Å². The summed E-state index contributed by atoms with van der Waals surface area (Å²) >= 11 is 0. The highest BCUT2D eigenvalue weighted by atomic mass is 16.5. The van der Waals surface area contributed by atoms with Crippen LogP contribution in [-0.4, -0.2) is 28.6 Å². The fraction of sp³-hybridized carbons (Fsp3) is 0.310. The number of imidazole rings is 1. The summed E-state index contributed by atoms with van der Waals surface area (Å²) in [6.07, 6.45) is 3.93. The van der Waals surface area contributed by atoms with Gasteiger partial charge in [-0.15, -0.1) is 0 Å². The van der Waals surface area contributed by atoms with Gasteiger partial charge in [0.2, 0.25) is 0 Å². The molecule has 4 rings (SSSR count). The molecule has 5 heteroatoms. The third-order valence-electron chi connectivity index (χ3n) is 5.98. The van der Waals surface area contributed by atoms with Gasteiger partial charge in [0.15, 0.2) is 0 Å². The molecule has 0 saturated heterocycles. The van der Waals surface area contributed by atoms with E-state index in [4.69, 9.17) is 9.72 Å². The number of carbonyl (C=O) groups is 1. The van der Waals surface area contributed by atoms with E-state index in [0.717, 1.165) is 66.0 Å². The van der Waals surface area contributed by atoms with E-state index in [-0.39, 0.29) is 5.91 Å². The Morgan fingerprint density at radius 1 is 0.912 bits per heavy atom. The van der Waals surface area contributed by atoms with Crippen molar-refractivity contribution < 1.29 is 9.53 Å². The third kappa shape index (κ3) is 6.25. The molecule has 34 heavy (non-hydrogen) atoms. The second-order valence-corrected chi connectivity index (χ2v) is 8.77. The highest BCUT2D eigenvalue weighted by Crippen LogP contribution is 2.19. The number of aromatic nitrogens is 2. The molecule has 0 aliphatic rings. The summed E-state index contributed by atoms with van der Waals surface area (Å²) in [7, 11) is 0. The number of unbranched alkanes of at least 4 members (excludes halogenated alkanes) is 2. The van der Waals surface area contributed by atoms with Crippen LogP contribution in [0.5, 0.6) is 5.75 Å². The first kappa shape index (κ1) is 23.6. The van der Waals surface area contributed by atoms with Crippen molar-refractivity contribution >= 4 is 16.9 Å². The quantitative estimate of drug-likeness (QED) is 0.288. The van der Waals surface area contributed by atoms with E-state index >= 15 is 0 Å². The van der Waals surface area contributed by atoms with Gasteiger partial charge in [-0.25, -0.2) is 4.98 Å². The van der Waals surface area contributed by atoms with Crippen molar-refractivity contribution in [3.05, 3.63) is 95.3 Å². The van der Waals surface area contributed by atoms with Gasteiger partial charge in [-0.05, 0) is 63.1 Å². The Morgan fingerprint density at radius 3 is 2.56 bits per heavy atom. The van der Waals surface area contributed by atoms with E-state index in [2.05, 4.69) is 47.1 Å². The first-order valence-corrected chi connectivity index (χ1v) is 12.1. The Bertz CT molecular complexity index is 1230. The van der Waals surface area contributed by atoms with E-state index in [9.17, 15) is 4.79 Å². The number of hydrogen-bond donors (Lipinski definition) is 1. The molecule has 3 aromatic carbocycles. The summed E-state index contributed by atoms with van der Waals surface area (Å²) in [4.78, 5) is 17.2. The predicted octanol–water partition coefficient (Wildman–Crippen LogP) is 5.87. The summed E-state index contributed by atoms with van der Waals surface area (Å²) in [6, 6.07) is 24.1. The average molecular weight is 456 g/mol. The van der Waals surface area contributed by atoms with Crippen LogP contribution in [0.25, 0.3) is 11.0 Å². The van der Waals surface area contributed by atoms with Crippen molar-refractivity contribution in [3.63, 3.8) is 0 Å². The topological polar surface area (TPSA) is 56.1 Å². The van der Waals surface area contributed by atoms with E-state index < -0.39 is 0 Å². The summed E-state index contributed by atoms with van der Waals surface area (Å²) in [5.41, 5.74) is 5.22. The van der Waals surface area contributed by atoms with Crippen molar-refractivity contribution in [1.82, 2.24) is 14.9 Å². The number of fused-ring (bicyclic) bond motifs is 1.